The number of hydrogen-bond acceptors (Lipinski definition) is 2. The lowest BCUT2D eigenvalue weighted by molar-refractivity contribution is 0.0526. The number of carbonyl (C=O) groups excluding carboxylic acids is 1. The number of esters is 1. The summed E-state index contributed by atoms with van der Waals surface area (Å²) in [5.74, 6) is -0.267. The van der Waals surface area contributed by atoms with E-state index in [1.165, 1.54) is 36.0 Å². The third-order valence-electron chi connectivity index (χ3n) is 4.87. The summed E-state index contributed by atoms with van der Waals surface area (Å²) in [6, 6.07) is 7.55. The molecule has 1 aliphatic rings. The zero-order valence-electron chi connectivity index (χ0n) is 16.2. The Labute approximate surface area is 152 Å². The number of allylic oxidation sites excluding steroid dienone is 5. The number of carbonyl (C=O) groups is 1. The van der Waals surface area contributed by atoms with Gasteiger partial charge in [-0.15, -0.1) is 0 Å². The van der Waals surface area contributed by atoms with Crippen molar-refractivity contribution in [1.29, 1.82) is 0 Å². The van der Waals surface area contributed by atoms with Crippen LogP contribution in [-0.2, 0) is 4.74 Å². The van der Waals surface area contributed by atoms with E-state index in [4.69, 9.17) is 4.74 Å². The van der Waals surface area contributed by atoms with Gasteiger partial charge in [0.15, 0.2) is 0 Å². The van der Waals surface area contributed by atoms with Crippen molar-refractivity contribution >= 4 is 12.0 Å². The molecular formula is C23H30O2. The molecule has 0 heterocycles. The molecule has 134 valence electrons. The summed E-state index contributed by atoms with van der Waals surface area (Å²) in [4.78, 5) is 11.7. The van der Waals surface area contributed by atoms with Crippen LogP contribution in [-0.4, -0.2) is 12.6 Å². The lowest BCUT2D eigenvalue weighted by Crippen LogP contribution is -2.19. The second kappa shape index (κ2) is 8.33. The first-order valence-corrected chi connectivity index (χ1v) is 9.17. The summed E-state index contributed by atoms with van der Waals surface area (Å²) in [5, 5.41) is 0. The van der Waals surface area contributed by atoms with Crippen LogP contribution in [0, 0.1) is 5.41 Å². The molecule has 0 unspecified atom stereocenters. The fraction of sp³-hybridized carbons (Fsp3) is 0.435. The van der Waals surface area contributed by atoms with E-state index in [2.05, 4.69) is 45.9 Å². The molecule has 2 rings (SSSR count). The number of benzene rings is 1. The summed E-state index contributed by atoms with van der Waals surface area (Å²) < 4.78 is 5.01. The molecule has 1 aliphatic carbocycles. The Balaban J connectivity index is 2.12. The maximum Gasteiger partial charge on any atom is 0.338 e. The predicted molar refractivity (Wildman–Crippen MR) is 106 cm³/mol. The molecule has 0 saturated heterocycles. The van der Waals surface area contributed by atoms with Crippen LogP contribution in [0.4, 0.5) is 0 Å². The van der Waals surface area contributed by atoms with E-state index in [0.717, 1.165) is 5.56 Å². The molecule has 0 spiro atoms. The quantitative estimate of drug-likeness (QED) is 0.462. The molecule has 2 nitrogen and oxygen atoms in total. The van der Waals surface area contributed by atoms with Gasteiger partial charge in [-0.1, -0.05) is 55.4 Å². The van der Waals surface area contributed by atoms with Crippen LogP contribution in [0.2, 0.25) is 0 Å². The van der Waals surface area contributed by atoms with E-state index in [-0.39, 0.29) is 11.4 Å². The van der Waals surface area contributed by atoms with Crippen LogP contribution >= 0.6 is 0 Å². The number of rotatable bonds is 5. The molecular weight excluding hydrogens is 308 g/mol. The Morgan fingerprint density at radius 3 is 2.52 bits per heavy atom. The second-order valence-electron chi connectivity index (χ2n) is 7.50. The van der Waals surface area contributed by atoms with Crippen molar-refractivity contribution in [2.24, 2.45) is 5.41 Å². The first-order valence-electron chi connectivity index (χ1n) is 9.17. The first-order chi connectivity index (χ1) is 11.8. The third-order valence-corrected chi connectivity index (χ3v) is 4.87. The molecule has 0 atom stereocenters. The fourth-order valence-corrected chi connectivity index (χ4v) is 3.47. The molecule has 0 aromatic heterocycles. The minimum absolute atomic E-state index is 0.264. The van der Waals surface area contributed by atoms with Crippen molar-refractivity contribution in [1.82, 2.24) is 0 Å². The fourth-order valence-electron chi connectivity index (χ4n) is 3.47. The van der Waals surface area contributed by atoms with Crippen molar-refractivity contribution in [3.05, 3.63) is 64.3 Å². The summed E-state index contributed by atoms with van der Waals surface area (Å²) in [5.41, 5.74) is 6.13. The SMILES string of the molecule is CCOC(=O)c1ccc(/C=C(C)\C=C\C2=C(C)CCCC2(C)C)cc1. The molecule has 0 N–H and O–H groups in total. The molecule has 0 saturated carbocycles. The normalized spacial score (nSPS) is 17.9. The Morgan fingerprint density at radius 1 is 1.24 bits per heavy atom. The van der Waals surface area contributed by atoms with Gasteiger partial charge in [0, 0.05) is 0 Å². The largest absolute Gasteiger partial charge is 0.462 e. The molecule has 0 fully saturated rings. The van der Waals surface area contributed by atoms with Crippen molar-refractivity contribution in [3.8, 4) is 0 Å². The van der Waals surface area contributed by atoms with Gasteiger partial charge in [0.25, 0.3) is 0 Å². The van der Waals surface area contributed by atoms with Gasteiger partial charge in [0.05, 0.1) is 12.2 Å². The molecule has 1 aromatic rings. The standard InChI is InChI=1S/C23H30O2/c1-6-25-22(24)20-12-10-19(11-13-20)16-17(2)9-14-21-18(3)8-7-15-23(21,4)5/h9-14,16H,6-8,15H2,1-5H3/b14-9+,17-16-. The van der Waals surface area contributed by atoms with Crippen LogP contribution in [0.3, 0.4) is 0 Å². The van der Waals surface area contributed by atoms with E-state index in [9.17, 15) is 4.79 Å². The van der Waals surface area contributed by atoms with E-state index in [0.29, 0.717) is 12.2 Å². The highest BCUT2D eigenvalue weighted by Crippen LogP contribution is 2.40. The highest BCUT2D eigenvalue weighted by molar-refractivity contribution is 5.89. The number of hydrogen-bond donors (Lipinski definition) is 0. The van der Waals surface area contributed by atoms with Gasteiger partial charge >= 0.3 is 5.97 Å². The van der Waals surface area contributed by atoms with Gasteiger partial charge in [-0.25, -0.2) is 4.79 Å². The second-order valence-corrected chi connectivity index (χ2v) is 7.50. The number of ether oxygens (including phenoxy) is 1. The Morgan fingerprint density at radius 2 is 1.92 bits per heavy atom. The Bertz CT molecular complexity index is 700. The smallest absolute Gasteiger partial charge is 0.338 e. The zero-order valence-corrected chi connectivity index (χ0v) is 16.2. The molecule has 0 radical (unpaired) electrons. The van der Waals surface area contributed by atoms with Gasteiger partial charge in [-0.3, -0.25) is 0 Å². The summed E-state index contributed by atoms with van der Waals surface area (Å²) in [7, 11) is 0. The van der Waals surface area contributed by atoms with E-state index >= 15 is 0 Å². The van der Waals surface area contributed by atoms with Crippen LogP contribution < -0.4 is 0 Å². The maximum atomic E-state index is 11.7. The maximum absolute atomic E-state index is 11.7. The van der Waals surface area contributed by atoms with Gasteiger partial charge in [0.2, 0.25) is 0 Å². The van der Waals surface area contributed by atoms with Gasteiger partial charge < -0.3 is 4.74 Å². The molecule has 2 heteroatoms. The van der Waals surface area contributed by atoms with E-state index < -0.39 is 0 Å². The van der Waals surface area contributed by atoms with Gasteiger partial charge in [-0.2, -0.15) is 0 Å². The molecule has 1 aromatic carbocycles. The lowest BCUT2D eigenvalue weighted by atomic mass is 9.72. The minimum atomic E-state index is -0.267. The minimum Gasteiger partial charge on any atom is -0.462 e. The molecule has 0 bridgehead atoms. The first kappa shape index (κ1) is 19.2. The zero-order chi connectivity index (χ0) is 18.4. The molecule has 0 aliphatic heterocycles. The van der Waals surface area contributed by atoms with Crippen molar-refractivity contribution in [2.75, 3.05) is 6.61 Å². The summed E-state index contributed by atoms with van der Waals surface area (Å²) in [6.07, 6.45) is 10.4. The van der Waals surface area contributed by atoms with Crippen molar-refractivity contribution in [3.63, 3.8) is 0 Å². The van der Waals surface area contributed by atoms with Crippen molar-refractivity contribution in [2.45, 2.75) is 53.9 Å². The average Bonchev–Trinajstić information content (AvgIpc) is 2.54. The van der Waals surface area contributed by atoms with Crippen LogP contribution in [0.1, 0.15) is 69.8 Å². The van der Waals surface area contributed by atoms with Crippen molar-refractivity contribution < 1.29 is 9.53 Å². The monoisotopic (exact) mass is 338 g/mol. The highest BCUT2D eigenvalue weighted by Gasteiger charge is 2.26. The predicted octanol–water partition coefficient (Wildman–Crippen LogP) is 6.35. The summed E-state index contributed by atoms with van der Waals surface area (Å²) >= 11 is 0. The highest BCUT2D eigenvalue weighted by atomic mass is 16.5. The summed E-state index contributed by atoms with van der Waals surface area (Å²) in [6.45, 7) is 11.3. The van der Waals surface area contributed by atoms with E-state index in [1.54, 1.807) is 0 Å². The van der Waals surface area contributed by atoms with E-state index in [1.807, 2.05) is 31.2 Å². The molecule has 0 amide bonds. The van der Waals surface area contributed by atoms with Gasteiger partial charge in [0.1, 0.15) is 0 Å². The average molecular weight is 338 g/mol. The Hall–Kier alpha value is -2.09. The molecule has 25 heavy (non-hydrogen) atoms. The third kappa shape index (κ3) is 5.19. The van der Waals surface area contributed by atoms with Crippen LogP contribution in [0.25, 0.3) is 6.08 Å². The topological polar surface area (TPSA) is 26.3 Å². The van der Waals surface area contributed by atoms with Gasteiger partial charge in [-0.05, 0) is 68.7 Å². The van der Waals surface area contributed by atoms with Crippen LogP contribution in [0.15, 0.2) is 53.1 Å². The van der Waals surface area contributed by atoms with Crippen LogP contribution in [0.5, 0.6) is 0 Å². The lowest BCUT2D eigenvalue weighted by Gasteiger charge is -2.32. The Kier molecular flexibility index (Phi) is 6.41.